The van der Waals surface area contributed by atoms with Crippen molar-refractivity contribution in [1.29, 1.82) is 0 Å². The molecule has 0 fully saturated rings. The van der Waals surface area contributed by atoms with Crippen LogP contribution in [0.15, 0.2) is 60.0 Å². The maximum absolute atomic E-state index is 13.0. The summed E-state index contributed by atoms with van der Waals surface area (Å²) in [5, 5.41) is 3.55. The number of hydrogen-bond acceptors (Lipinski definition) is 4. The molecular weight excluding hydrogens is 392 g/mol. The third kappa shape index (κ3) is 5.33. The molecule has 146 valence electrons. The van der Waals surface area contributed by atoms with Crippen LogP contribution >= 0.6 is 22.9 Å². The zero-order valence-corrected chi connectivity index (χ0v) is 17.5. The first-order chi connectivity index (χ1) is 13.6. The Bertz CT molecular complexity index is 896. The lowest BCUT2D eigenvalue weighted by Gasteiger charge is -2.28. The van der Waals surface area contributed by atoms with Gasteiger partial charge in [0.15, 0.2) is 0 Å². The van der Waals surface area contributed by atoms with E-state index in [1.54, 1.807) is 23.5 Å². The van der Waals surface area contributed by atoms with Crippen LogP contribution in [0.1, 0.15) is 41.3 Å². The molecule has 0 aliphatic heterocycles. The van der Waals surface area contributed by atoms with Crippen molar-refractivity contribution in [2.75, 3.05) is 0 Å². The van der Waals surface area contributed by atoms with Crippen molar-refractivity contribution in [2.45, 2.75) is 39.5 Å². The summed E-state index contributed by atoms with van der Waals surface area (Å²) in [6.07, 6.45) is 0.884. The van der Waals surface area contributed by atoms with Gasteiger partial charge >= 0.3 is 0 Å². The molecule has 0 saturated heterocycles. The second-order valence-electron chi connectivity index (χ2n) is 6.53. The van der Waals surface area contributed by atoms with Crippen LogP contribution in [0.25, 0.3) is 0 Å². The van der Waals surface area contributed by atoms with Crippen LogP contribution in [0.3, 0.4) is 0 Å². The van der Waals surface area contributed by atoms with Crippen molar-refractivity contribution in [3.05, 3.63) is 81.3 Å². The normalized spacial score (nSPS) is 11.8. The molecule has 0 N–H and O–H groups in total. The molecule has 0 unspecified atom stereocenters. The van der Waals surface area contributed by atoms with Crippen molar-refractivity contribution in [3.63, 3.8) is 0 Å². The Morgan fingerprint density at radius 2 is 1.89 bits per heavy atom. The second kappa shape index (κ2) is 9.71. The van der Waals surface area contributed by atoms with Crippen LogP contribution in [-0.4, -0.2) is 21.8 Å². The number of thiazole rings is 1. The van der Waals surface area contributed by atoms with Gasteiger partial charge in [0.25, 0.3) is 5.91 Å². The van der Waals surface area contributed by atoms with Crippen LogP contribution in [0.2, 0.25) is 5.02 Å². The summed E-state index contributed by atoms with van der Waals surface area (Å²) in [5.41, 5.74) is 1.58. The average Bonchev–Trinajstić information content (AvgIpc) is 3.19. The fourth-order valence-electron chi connectivity index (χ4n) is 2.73. The Morgan fingerprint density at radius 3 is 2.57 bits per heavy atom. The number of rotatable bonds is 8. The van der Waals surface area contributed by atoms with E-state index >= 15 is 0 Å². The number of benzene rings is 2. The molecule has 0 spiro atoms. The zero-order chi connectivity index (χ0) is 19.9. The van der Waals surface area contributed by atoms with Crippen LogP contribution in [0.5, 0.6) is 5.75 Å². The number of hydrogen-bond donors (Lipinski definition) is 0. The highest BCUT2D eigenvalue weighted by atomic mass is 35.5. The summed E-state index contributed by atoms with van der Waals surface area (Å²) in [5.74, 6) is 0.781. The molecule has 4 nitrogen and oxygen atoms in total. The Labute approximate surface area is 174 Å². The Hall–Kier alpha value is -2.37. The van der Waals surface area contributed by atoms with Gasteiger partial charge in [-0.2, -0.15) is 0 Å². The van der Waals surface area contributed by atoms with Gasteiger partial charge < -0.3 is 9.64 Å². The number of halogens is 1. The van der Waals surface area contributed by atoms with E-state index in [2.05, 4.69) is 18.8 Å². The van der Waals surface area contributed by atoms with E-state index in [0.717, 1.165) is 22.9 Å². The molecule has 0 aliphatic carbocycles. The highest BCUT2D eigenvalue weighted by molar-refractivity contribution is 7.09. The van der Waals surface area contributed by atoms with Gasteiger partial charge in [0.1, 0.15) is 17.4 Å². The molecule has 0 radical (unpaired) electrons. The zero-order valence-electron chi connectivity index (χ0n) is 16.0. The Kier molecular flexibility index (Phi) is 7.06. The van der Waals surface area contributed by atoms with Gasteiger partial charge in [-0.15, -0.1) is 11.3 Å². The molecule has 0 aliphatic rings. The first-order valence-electron chi connectivity index (χ1n) is 9.24. The molecule has 6 heteroatoms. The first-order valence-corrected chi connectivity index (χ1v) is 10.5. The van der Waals surface area contributed by atoms with Gasteiger partial charge in [-0.3, -0.25) is 4.79 Å². The minimum atomic E-state index is 0.0296. The van der Waals surface area contributed by atoms with Gasteiger partial charge in [-0.25, -0.2) is 4.98 Å². The van der Waals surface area contributed by atoms with E-state index in [0.29, 0.717) is 23.7 Å². The standard InChI is InChI=1S/C22H23ClN2O2S/c1-3-16(2)25(22(26)17-7-5-4-6-8-17)13-19-15-28-21(24-19)14-27-20-11-9-18(23)10-12-20/h4-12,15-16H,3,13-14H2,1-2H3/t16-/m1/s1. The van der Waals surface area contributed by atoms with Crippen molar-refractivity contribution in [1.82, 2.24) is 9.88 Å². The summed E-state index contributed by atoms with van der Waals surface area (Å²) < 4.78 is 5.76. The number of nitrogens with zero attached hydrogens (tertiary/aromatic N) is 2. The molecule has 0 bridgehead atoms. The smallest absolute Gasteiger partial charge is 0.254 e. The topological polar surface area (TPSA) is 42.4 Å². The number of carbonyl (C=O) groups excluding carboxylic acids is 1. The van der Waals surface area contributed by atoms with Crippen molar-refractivity contribution >= 4 is 28.8 Å². The van der Waals surface area contributed by atoms with Gasteiger partial charge in [0.2, 0.25) is 0 Å². The molecule has 3 aromatic rings. The van der Waals surface area contributed by atoms with Gasteiger partial charge in [-0.05, 0) is 49.7 Å². The molecule has 1 aromatic heterocycles. The summed E-state index contributed by atoms with van der Waals surface area (Å²) in [7, 11) is 0. The minimum Gasteiger partial charge on any atom is -0.486 e. The quantitative estimate of drug-likeness (QED) is 0.466. The van der Waals surface area contributed by atoms with Gasteiger partial charge in [0, 0.05) is 22.0 Å². The van der Waals surface area contributed by atoms with Crippen LogP contribution in [0.4, 0.5) is 0 Å². The summed E-state index contributed by atoms with van der Waals surface area (Å²) in [6.45, 7) is 5.03. The predicted octanol–water partition coefficient (Wildman–Crippen LogP) is 5.82. The summed E-state index contributed by atoms with van der Waals surface area (Å²) in [4.78, 5) is 19.5. The highest BCUT2D eigenvalue weighted by Crippen LogP contribution is 2.20. The molecular formula is C22H23ClN2O2S. The van der Waals surface area contributed by atoms with Gasteiger partial charge in [-0.1, -0.05) is 36.7 Å². The van der Waals surface area contributed by atoms with E-state index in [-0.39, 0.29) is 11.9 Å². The maximum atomic E-state index is 13.0. The lowest BCUT2D eigenvalue weighted by Crippen LogP contribution is -2.37. The first kappa shape index (κ1) is 20.4. The molecule has 2 aromatic carbocycles. The third-order valence-corrected chi connectivity index (χ3v) is 5.64. The summed E-state index contributed by atoms with van der Waals surface area (Å²) >= 11 is 7.43. The number of ether oxygens (including phenoxy) is 1. The fraction of sp³-hybridized carbons (Fsp3) is 0.273. The number of amides is 1. The minimum absolute atomic E-state index is 0.0296. The van der Waals surface area contributed by atoms with E-state index in [1.165, 1.54) is 0 Å². The van der Waals surface area contributed by atoms with Crippen LogP contribution in [0, 0.1) is 0 Å². The third-order valence-electron chi connectivity index (χ3n) is 4.51. The lowest BCUT2D eigenvalue weighted by molar-refractivity contribution is 0.0669. The van der Waals surface area contributed by atoms with Crippen LogP contribution in [-0.2, 0) is 13.2 Å². The van der Waals surface area contributed by atoms with E-state index in [9.17, 15) is 4.79 Å². The molecule has 28 heavy (non-hydrogen) atoms. The lowest BCUT2D eigenvalue weighted by atomic mass is 10.1. The SMILES string of the molecule is CC[C@@H](C)N(Cc1csc(COc2ccc(Cl)cc2)n1)C(=O)c1ccccc1. The fourth-order valence-corrected chi connectivity index (χ4v) is 3.56. The largest absolute Gasteiger partial charge is 0.486 e. The number of aromatic nitrogens is 1. The van der Waals surface area contributed by atoms with E-state index in [4.69, 9.17) is 16.3 Å². The van der Waals surface area contributed by atoms with E-state index in [1.807, 2.05) is 52.7 Å². The Balaban J connectivity index is 1.66. The van der Waals surface area contributed by atoms with Crippen LogP contribution < -0.4 is 4.74 Å². The van der Waals surface area contributed by atoms with Crippen molar-refractivity contribution < 1.29 is 9.53 Å². The van der Waals surface area contributed by atoms with Crippen molar-refractivity contribution in [2.24, 2.45) is 0 Å². The van der Waals surface area contributed by atoms with Crippen molar-refractivity contribution in [3.8, 4) is 5.75 Å². The maximum Gasteiger partial charge on any atom is 0.254 e. The number of carbonyl (C=O) groups is 1. The van der Waals surface area contributed by atoms with E-state index < -0.39 is 0 Å². The average molecular weight is 415 g/mol. The molecule has 1 amide bonds. The second-order valence-corrected chi connectivity index (χ2v) is 7.91. The monoisotopic (exact) mass is 414 g/mol. The highest BCUT2D eigenvalue weighted by Gasteiger charge is 2.21. The Morgan fingerprint density at radius 1 is 1.18 bits per heavy atom. The molecule has 0 saturated carbocycles. The predicted molar refractivity (Wildman–Crippen MR) is 114 cm³/mol. The molecule has 1 heterocycles. The van der Waals surface area contributed by atoms with Gasteiger partial charge in [0.05, 0.1) is 12.2 Å². The molecule has 1 atom stereocenters. The molecule has 3 rings (SSSR count). The summed E-state index contributed by atoms with van der Waals surface area (Å²) in [6, 6.07) is 16.8.